The summed E-state index contributed by atoms with van der Waals surface area (Å²) in [6.45, 7) is 8.35. The van der Waals surface area contributed by atoms with Crippen molar-refractivity contribution in [1.82, 2.24) is 15.0 Å². The van der Waals surface area contributed by atoms with Crippen LogP contribution in [0, 0.1) is 0 Å². The maximum absolute atomic E-state index is 5.82. The third kappa shape index (κ3) is 7.12. The molecule has 108 valence electrons. The zero-order valence-electron chi connectivity index (χ0n) is 11.7. The minimum atomic E-state index is 0.191. The van der Waals surface area contributed by atoms with Crippen molar-refractivity contribution < 1.29 is 4.74 Å². The van der Waals surface area contributed by atoms with Gasteiger partial charge in [0.15, 0.2) is 0 Å². The molecule has 0 aliphatic carbocycles. The lowest BCUT2D eigenvalue weighted by Gasteiger charge is -2.08. The molecule has 0 radical (unpaired) electrons. The first kappa shape index (κ1) is 15.9. The molecule has 0 saturated heterocycles. The fraction of sp³-hybridized carbons (Fsp3) is 0.750. The van der Waals surface area contributed by atoms with Crippen LogP contribution in [0.15, 0.2) is 0 Å². The van der Waals surface area contributed by atoms with Gasteiger partial charge in [-0.25, -0.2) is 0 Å². The van der Waals surface area contributed by atoms with Gasteiger partial charge in [0.25, 0.3) is 0 Å². The predicted molar refractivity (Wildman–Crippen MR) is 77.8 cm³/mol. The lowest BCUT2D eigenvalue weighted by molar-refractivity contribution is 0.0765. The second-order valence-corrected chi connectivity index (χ2v) is 4.67. The summed E-state index contributed by atoms with van der Waals surface area (Å²) in [5.41, 5.74) is 0. The van der Waals surface area contributed by atoms with Crippen molar-refractivity contribution in [2.45, 2.75) is 39.7 Å². The van der Waals surface area contributed by atoms with E-state index < -0.39 is 0 Å². The minimum Gasteiger partial charge on any atom is -0.379 e. The van der Waals surface area contributed by atoms with Crippen molar-refractivity contribution in [3.8, 4) is 0 Å². The molecule has 7 heteroatoms. The fourth-order valence-corrected chi connectivity index (χ4v) is 1.57. The predicted octanol–water partition coefficient (Wildman–Crippen LogP) is 2.57. The molecule has 0 aliphatic heterocycles. The van der Waals surface area contributed by atoms with Gasteiger partial charge < -0.3 is 15.4 Å². The molecule has 19 heavy (non-hydrogen) atoms. The van der Waals surface area contributed by atoms with Crippen LogP contribution in [0.25, 0.3) is 0 Å². The Kier molecular flexibility index (Phi) is 7.43. The number of hydrogen-bond donors (Lipinski definition) is 2. The lowest BCUT2D eigenvalue weighted by Crippen LogP contribution is -2.11. The maximum Gasteiger partial charge on any atom is 0.228 e. The smallest absolute Gasteiger partial charge is 0.228 e. The Morgan fingerprint density at radius 2 is 1.79 bits per heavy atom. The molecular formula is C12H22ClN5O. The average molecular weight is 288 g/mol. The van der Waals surface area contributed by atoms with Crippen LogP contribution >= 0.6 is 11.6 Å². The topological polar surface area (TPSA) is 72.0 Å². The monoisotopic (exact) mass is 287 g/mol. The van der Waals surface area contributed by atoms with Crippen LogP contribution in [0.2, 0.25) is 5.28 Å². The molecule has 1 aromatic heterocycles. The number of nitrogens with zero attached hydrogens (tertiary/aromatic N) is 3. The number of rotatable bonds is 9. The standard InChI is InChI=1S/C12H22ClN5O/c1-4-14-11-16-10(13)17-12(18-11)15-7-5-6-8-19-9(2)3/h9H,4-8H2,1-3H3,(H2,14,15,16,17,18). The van der Waals surface area contributed by atoms with E-state index in [9.17, 15) is 0 Å². The van der Waals surface area contributed by atoms with Crippen molar-refractivity contribution in [3.63, 3.8) is 0 Å². The van der Waals surface area contributed by atoms with Crippen molar-refractivity contribution in [1.29, 1.82) is 0 Å². The van der Waals surface area contributed by atoms with Gasteiger partial charge in [-0.1, -0.05) is 0 Å². The Hall–Kier alpha value is -1.14. The molecule has 2 N–H and O–H groups in total. The second kappa shape index (κ2) is 8.87. The Morgan fingerprint density at radius 1 is 1.11 bits per heavy atom. The van der Waals surface area contributed by atoms with Crippen molar-refractivity contribution in [3.05, 3.63) is 5.28 Å². The van der Waals surface area contributed by atoms with Gasteiger partial charge in [0.05, 0.1) is 6.10 Å². The molecule has 1 aromatic rings. The van der Waals surface area contributed by atoms with E-state index in [2.05, 4.69) is 25.6 Å². The van der Waals surface area contributed by atoms with Gasteiger partial charge in [0.2, 0.25) is 17.2 Å². The molecule has 1 heterocycles. The first-order chi connectivity index (χ1) is 9.11. The lowest BCUT2D eigenvalue weighted by atomic mass is 10.3. The van der Waals surface area contributed by atoms with Crippen LogP contribution in [0.1, 0.15) is 33.6 Å². The molecule has 1 rings (SSSR count). The van der Waals surface area contributed by atoms with Crippen LogP contribution < -0.4 is 10.6 Å². The van der Waals surface area contributed by atoms with E-state index in [1.165, 1.54) is 0 Å². The summed E-state index contributed by atoms with van der Waals surface area (Å²) in [5.74, 6) is 0.994. The van der Waals surface area contributed by atoms with Crippen molar-refractivity contribution in [2.24, 2.45) is 0 Å². The van der Waals surface area contributed by atoms with E-state index in [4.69, 9.17) is 16.3 Å². The summed E-state index contributed by atoms with van der Waals surface area (Å²) in [5, 5.41) is 6.33. The van der Waals surface area contributed by atoms with E-state index in [1.807, 2.05) is 20.8 Å². The van der Waals surface area contributed by atoms with Crippen molar-refractivity contribution >= 4 is 23.5 Å². The molecule has 0 fully saturated rings. The quantitative estimate of drug-likeness (QED) is 0.680. The molecule has 0 bridgehead atoms. The summed E-state index contributed by atoms with van der Waals surface area (Å²) in [6.07, 6.45) is 2.29. The summed E-state index contributed by atoms with van der Waals surface area (Å²) < 4.78 is 5.46. The summed E-state index contributed by atoms with van der Waals surface area (Å²) >= 11 is 5.82. The highest BCUT2D eigenvalue weighted by atomic mass is 35.5. The Bertz CT molecular complexity index is 375. The second-order valence-electron chi connectivity index (χ2n) is 4.34. The largest absolute Gasteiger partial charge is 0.379 e. The first-order valence-corrected chi connectivity index (χ1v) is 7.00. The number of nitrogens with one attached hydrogen (secondary N) is 2. The van der Waals surface area contributed by atoms with Gasteiger partial charge in [-0.15, -0.1) is 0 Å². The molecule has 6 nitrogen and oxygen atoms in total. The Balaban J connectivity index is 2.28. The number of ether oxygens (including phenoxy) is 1. The van der Waals surface area contributed by atoms with Gasteiger partial charge in [0.1, 0.15) is 0 Å². The number of hydrogen-bond acceptors (Lipinski definition) is 6. The highest BCUT2D eigenvalue weighted by Gasteiger charge is 2.03. The van der Waals surface area contributed by atoms with Gasteiger partial charge in [-0.05, 0) is 45.2 Å². The van der Waals surface area contributed by atoms with Gasteiger partial charge in [-0.3, -0.25) is 0 Å². The van der Waals surface area contributed by atoms with Crippen molar-refractivity contribution in [2.75, 3.05) is 30.3 Å². The van der Waals surface area contributed by atoms with Crippen LogP contribution in [0.3, 0.4) is 0 Å². The third-order valence-corrected chi connectivity index (χ3v) is 2.42. The molecular weight excluding hydrogens is 266 g/mol. The summed E-state index contributed by atoms with van der Waals surface area (Å²) in [6, 6.07) is 0. The first-order valence-electron chi connectivity index (χ1n) is 6.62. The summed E-state index contributed by atoms with van der Waals surface area (Å²) in [4.78, 5) is 12.2. The minimum absolute atomic E-state index is 0.191. The van der Waals surface area contributed by atoms with Crippen LogP contribution in [0.4, 0.5) is 11.9 Å². The normalized spacial score (nSPS) is 10.8. The summed E-state index contributed by atoms with van der Waals surface area (Å²) in [7, 11) is 0. The molecule has 0 saturated carbocycles. The molecule has 0 aromatic carbocycles. The van der Waals surface area contributed by atoms with Gasteiger partial charge in [-0.2, -0.15) is 15.0 Å². The van der Waals surface area contributed by atoms with E-state index in [1.54, 1.807) is 0 Å². The van der Waals surface area contributed by atoms with E-state index in [-0.39, 0.29) is 11.4 Å². The number of halogens is 1. The number of anilines is 2. The van der Waals surface area contributed by atoms with E-state index in [0.717, 1.165) is 32.5 Å². The molecule has 0 amide bonds. The molecule has 0 atom stereocenters. The Labute approximate surface area is 119 Å². The van der Waals surface area contributed by atoms with Crippen LogP contribution in [-0.4, -0.2) is 40.8 Å². The van der Waals surface area contributed by atoms with Gasteiger partial charge >= 0.3 is 0 Å². The SMILES string of the molecule is CCNc1nc(Cl)nc(NCCCCOC(C)C)n1. The Morgan fingerprint density at radius 3 is 2.42 bits per heavy atom. The number of unbranched alkanes of at least 4 members (excludes halogenated alkanes) is 1. The third-order valence-electron chi connectivity index (χ3n) is 2.25. The maximum atomic E-state index is 5.82. The zero-order valence-corrected chi connectivity index (χ0v) is 12.5. The molecule has 0 spiro atoms. The van der Waals surface area contributed by atoms with Gasteiger partial charge in [0, 0.05) is 19.7 Å². The highest BCUT2D eigenvalue weighted by Crippen LogP contribution is 2.09. The number of aromatic nitrogens is 3. The molecule has 0 aliphatic rings. The van der Waals surface area contributed by atoms with Crippen LogP contribution in [-0.2, 0) is 4.74 Å². The van der Waals surface area contributed by atoms with E-state index in [0.29, 0.717) is 11.9 Å². The highest BCUT2D eigenvalue weighted by molar-refractivity contribution is 6.28. The van der Waals surface area contributed by atoms with Crippen LogP contribution in [0.5, 0.6) is 0 Å². The fourth-order valence-electron chi connectivity index (χ4n) is 1.41. The van der Waals surface area contributed by atoms with E-state index >= 15 is 0 Å². The average Bonchev–Trinajstić information content (AvgIpc) is 2.33. The zero-order chi connectivity index (χ0) is 14.1. The molecule has 0 unspecified atom stereocenters.